The van der Waals surface area contributed by atoms with E-state index in [2.05, 4.69) is 16.5 Å². The Morgan fingerprint density at radius 2 is 2.03 bits per heavy atom. The van der Waals surface area contributed by atoms with Gasteiger partial charge in [-0.25, -0.2) is 4.98 Å². The Morgan fingerprint density at radius 1 is 1.27 bits per heavy atom. The van der Waals surface area contributed by atoms with E-state index < -0.39 is 0 Å². The molecule has 1 aliphatic rings. The van der Waals surface area contributed by atoms with Crippen LogP contribution in [-0.4, -0.2) is 25.7 Å². The van der Waals surface area contributed by atoms with Gasteiger partial charge in [0.1, 0.15) is 4.83 Å². The molecule has 0 radical (unpaired) electrons. The lowest BCUT2D eigenvalue weighted by Crippen LogP contribution is -2.22. The average molecular weight is 476 g/mol. The van der Waals surface area contributed by atoms with E-state index in [1.165, 1.54) is 23.1 Å². The Labute approximate surface area is 200 Å². The number of nitrogens with zero attached hydrogens (tertiary/aromatic N) is 3. The summed E-state index contributed by atoms with van der Waals surface area (Å²) in [5.74, 6) is 0.717. The summed E-state index contributed by atoms with van der Waals surface area (Å²) in [5.41, 5.74) is 4.53. The number of hydrogen-bond donors (Lipinski definition) is 0. The Hall–Kier alpha value is -2.90. The van der Waals surface area contributed by atoms with Gasteiger partial charge in [-0.15, -0.1) is 17.9 Å². The molecule has 1 aliphatic carbocycles. The van der Waals surface area contributed by atoms with Crippen LogP contribution in [0.25, 0.3) is 15.9 Å². The molecule has 5 rings (SSSR count). The molecule has 3 aromatic heterocycles. The lowest BCUT2D eigenvalue weighted by Gasteiger charge is -2.12. The van der Waals surface area contributed by atoms with Crippen LogP contribution in [0.3, 0.4) is 0 Å². The fourth-order valence-corrected chi connectivity index (χ4v) is 6.25. The van der Waals surface area contributed by atoms with Gasteiger partial charge >= 0.3 is 0 Å². The van der Waals surface area contributed by atoms with Crippen LogP contribution in [0, 0.1) is 13.8 Å². The van der Waals surface area contributed by atoms with Crippen LogP contribution in [0.5, 0.6) is 0 Å². The quantitative estimate of drug-likeness (QED) is 0.138. The molecule has 168 valence electrons. The maximum Gasteiger partial charge on any atom is 0.267 e. The number of ketones is 1. The Balaban J connectivity index is 1.53. The first-order chi connectivity index (χ1) is 16.0. The SMILES string of the molecule is C=CCn1c(C)cc(C(=O)CSc2nc3scc(C4CC4)c3c(=O)n2-c2ccccc2)c1C. The van der Waals surface area contributed by atoms with E-state index >= 15 is 0 Å². The van der Waals surface area contributed by atoms with Crippen molar-refractivity contribution in [2.75, 3.05) is 5.75 Å². The maximum absolute atomic E-state index is 13.7. The number of Topliss-reactive ketones (excluding diaryl/α,β-unsaturated/α-hetero) is 1. The van der Waals surface area contributed by atoms with Gasteiger partial charge in [0.2, 0.25) is 0 Å². The van der Waals surface area contributed by atoms with Gasteiger partial charge in [0.25, 0.3) is 5.56 Å². The number of thioether (sulfide) groups is 1. The molecule has 1 saturated carbocycles. The summed E-state index contributed by atoms with van der Waals surface area (Å²) in [6.45, 7) is 8.44. The molecule has 0 N–H and O–H groups in total. The number of aryl methyl sites for hydroxylation is 1. The monoisotopic (exact) mass is 475 g/mol. The number of fused-ring (bicyclic) bond motifs is 1. The van der Waals surface area contributed by atoms with Crippen molar-refractivity contribution in [1.29, 1.82) is 0 Å². The smallest absolute Gasteiger partial charge is 0.267 e. The third-order valence-electron chi connectivity index (χ3n) is 6.16. The summed E-state index contributed by atoms with van der Waals surface area (Å²) < 4.78 is 3.75. The summed E-state index contributed by atoms with van der Waals surface area (Å²) in [6, 6.07) is 11.5. The van der Waals surface area contributed by atoms with Crippen molar-refractivity contribution in [1.82, 2.24) is 14.1 Å². The summed E-state index contributed by atoms with van der Waals surface area (Å²) in [6.07, 6.45) is 4.09. The van der Waals surface area contributed by atoms with Gasteiger partial charge in [-0.05, 0) is 61.7 Å². The average Bonchev–Trinajstić information content (AvgIpc) is 3.51. The van der Waals surface area contributed by atoms with Gasteiger partial charge in [0, 0.05) is 23.5 Å². The number of hydrogen-bond acceptors (Lipinski definition) is 5. The van der Waals surface area contributed by atoms with E-state index in [9.17, 15) is 9.59 Å². The number of thiophene rings is 1. The van der Waals surface area contributed by atoms with Gasteiger partial charge in [-0.2, -0.15) is 0 Å². The highest BCUT2D eigenvalue weighted by molar-refractivity contribution is 7.99. The molecule has 7 heteroatoms. The van der Waals surface area contributed by atoms with Crippen LogP contribution < -0.4 is 5.56 Å². The van der Waals surface area contributed by atoms with E-state index in [1.807, 2.05) is 56.3 Å². The zero-order valence-electron chi connectivity index (χ0n) is 18.7. The van der Waals surface area contributed by atoms with Crippen LogP contribution in [0.1, 0.15) is 46.1 Å². The third-order valence-corrected chi connectivity index (χ3v) is 7.98. The summed E-state index contributed by atoms with van der Waals surface area (Å²) in [7, 11) is 0. The molecule has 0 aliphatic heterocycles. The van der Waals surface area contributed by atoms with Gasteiger partial charge in [-0.1, -0.05) is 36.0 Å². The molecule has 3 heterocycles. The van der Waals surface area contributed by atoms with Gasteiger partial charge < -0.3 is 4.57 Å². The Morgan fingerprint density at radius 3 is 2.73 bits per heavy atom. The summed E-state index contributed by atoms with van der Waals surface area (Å²) >= 11 is 2.85. The van der Waals surface area contributed by atoms with Crippen molar-refractivity contribution >= 4 is 39.1 Å². The highest BCUT2D eigenvalue weighted by Crippen LogP contribution is 2.44. The van der Waals surface area contributed by atoms with Crippen LogP contribution >= 0.6 is 23.1 Å². The standard InChI is InChI=1S/C26H25N3O2S2/c1-4-12-28-16(2)13-20(17(28)3)22(30)15-33-26-27-24-23(21(14-32-24)18-10-11-18)25(31)29(26)19-8-6-5-7-9-19/h4-9,13-14,18H,1,10-12,15H2,2-3H3. The first-order valence-corrected chi connectivity index (χ1v) is 12.9. The fourth-order valence-electron chi connectivity index (χ4n) is 4.29. The number of allylic oxidation sites excluding steroid dienone is 1. The number of benzene rings is 1. The van der Waals surface area contributed by atoms with Crippen molar-refractivity contribution in [2.45, 2.75) is 44.3 Å². The molecule has 0 saturated heterocycles. The number of aromatic nitrogens is 3. The van der Waals surface area contributed by atoms with E-state index in [0.29, 0.717) is 23.2 Å². The minimum Gasteiger partial charge on any atom is -0.345 e. The lowest BCUT2D eigenvalue weighted by molar-refractivity contribution is 0.102. The van der Waals surface area contributed by atoms with Gasteiger partial charge in [0.05, 0.1) is 16.8 Å². The predicted octanol–water partition coefficient (Wildman–Crippen LogP) is 5.90. The first-order valence-electron chi connectivity index (χ1n) is 11.0. The van der Waals surface area contributed by atoms with Crippen molar-refractivity contribution in [3.05, 3.63) is 87.3 Å². The molecule has 0 bridgehead atoms. The molecule has 0 unspecified atom stereocenters. The van der Waals surface area contributed by atoms with E-state index in [4.69, 9.17) is 4.98 Å². The highest BCUT2D eigenvalue weighted by atomic mass is 32.2. The summed E-state index contributed by atoms with van der Waals surface area (Å²) in [5, 5.41) is 3.37. The molecule has 0 amide bonds. The molecule has 4 aromatic rings. The van der Waals surface area contributed by atoms with E-state index in [0.717, 1.165) is 45.7 Å². The molecular formula is C26H25N3O2S2. The molecule has 0 atom stereocenters. The van der Waals surface area contributed by atoms with Crippen LogP contribution in [-0.2, 0) is 6.54 Å². The fraction of sp³-hybridized carbons (Fsp3) is 0.269. The minimum absolute atomic E-state index is 0.0298. The van der Waals surface area contributed by atoms with Gasteiger partial charge in [0.15, 0.2) is 10.9 Å². The topological polar surface area (TPSA) is 56.9 Å². The van der Waals surface area contributed by atoms with Crippen molar-refractivity contribution in [3.63, 3.8) is 0 Å². The molecule has 33 heavy (non-hydrogen) atoms. The largest absolute Gasteiger partial charge is 0.345 e. The van der Waals surface area contributed by atoms with Crippen LogP contribution in [0.15, 0.2) is 64.4 Å². The van der Waals surface area contributed by atoms with Crippen LogP contribution in [0.4, 0.5) is 0 Å². The van der Waals surface area contributed by atoms with Crippen molar-refractivity contribution < 1.29 is 4.79 Å². The lowest BCUT2D eigenvalue weighted by atomic mass is 10.1. The minimum atomic E-state index is -0.0477. The zero-order chi connectivity index (χ0) is 23.1. The van der Waals surface area contributed by atoms with E-state index in [-0.39, 0.29) is 17.1 Å². The van der Waals surface area contributed by atoms with Crippen molar-refractivity contribution in [2.24, 2.45) is 0 Å². The Bertz CT molecular complexity index is 1430. The molecule has 1 aromatic carbocycles. The number of para-hydroxylation sites is 1. The third kappa shape index (κ3) is 4.00. The normalized spacial score (nSPS) is 13.5. The highest BCUT2D eigenvalue weighted by Gasteiger charge is 2.29. The molecular weight excluding hydrogens is 450 g/mol. The molecule has 1 fully saturated rings. The number of rotatable bonds is 8. The van der Waals surface area contributed by atoms with E-state index in [1.54, 1.807) is 4.57 Å². The zero-order valence-corrected chi connectivity index (χ0v) is 20.3. The van der Waals surface area contributed by atoms with Gasteiger partial charge in [-0.3, -0.25) is 14.2 Å². The summed E-state index contributed by atoms with van der Waals surface area (Å²) in [4.78, 5) is 32.4. The van der Waals surface area contributed by atoms with Crippen LogP contribution in [0.2, 0.25) is 0 Å². The second-order valence-corrected chi connectivity index (χ2v) is 10.2. The Kier molecular flexibility index (Phi) is 5.85. The van der Waals surface area contributed by atoms with Crippen molar-refractivity contribution in [3.8, 4) is 5.69 Å². The predicted molar refractivity (Wildman–Crippen MR) is 136 cm³/mol. The molecule has 5 nitrogen and oxygen atoms in total. The number of carbonyl (C=O) groups excluding carboxylic acids is 1. The number of carbonyl (C=O) groups is 1. The second-order valence-electron chi connectivity index (χ2n) is 8.41. The first kappa shape index (κ1) is 21.9. The maximum atomic E-state index is 13.7. The molecule has 0 spiro atoms. The second kappa shape index (κ2) is 8.80.